The predicted octanol–water partition coefficient (Wildman–Crippen LogP) is 2.93. The maximum Gasteiger partial charge on any atom is 0.181 e. The molecule has 0 unspecified atom stereocenters. The SMILES string of the molecule is Fc1cc(Br)ccc1CN1CCCC2(C1)OCCO2. The molecule has 2 fully saturated rings. The third-order valence-corrected chi connectivity index (χ3v) is 4.21. The van der Waals surface area contributed by atoms with Crippen LogP contribution < -0.4 is 0 Å². The summed E-state index contributed by atoms with van der Waals surface area (Å²) in [6.07, 6.45) is 1.96. The van der Waals surface area contributed by atoms with Crippen LogP contribution in [0.3, 0.4) is 0 Å². The Morgan fingerprint density at radius 1 is 1.32 bits per heavy atom. The van der Waals surface area contributed by atoms with E-state index in [9.17, 15) is 4.39 Å². The number of rotatable bonds is 2. The van der Waals surface area contributed by atoms with Gasteiger partial charge in [-0.25, -0.2) is 4.39 Å². The van der Waals surface area contributed by atoms with Crippen molar-refractivity contribution in [3.05, 3.63) is 34.1 Å². The third-order valence-electron chi connectivity index (χ3n) is 3.72. The molecule has 0 atom stereocenters. The second-order valence-corrected chi connectivity index (χ2v) is 6.07. The van der Waals surface area contributed by atoms with Crippen molar-refractivity contribution < 1.29 is 13.9 Å². The highest BCUT2D eigenvalue weighted by molar-refractivity contribution is 9.10. The molecule has 3 rings (SSSR count). The van der Waals surface area contributed by atoms with Crippen LogP contribution in [0.4, 0.5) is 4.39 Å². The minimum absolute atomic E-state index is 0.165. The van der Waals surface area contributed by atoms with E-state index in [1.807, 2.05) is 12.1 Å². The summed E-state index contributed by atoms with van der Waals surface area (Å²) in [5, 5.41) is 0. The fourth-order valence-electron chi connectivity index (χ4n) is 2.83. The Morgan fingerprint density at radius 3 is 2.84 bits per heavy atom. The van der Waals surface area contributed by atoms with Gasteiger partial charge in [-0.1, -0.05) is 22.0 Å². The molecule has 1 aromatic rings. The molecule has 5 heteroatoms. The maximum atomic E-state index is 13.9. The highest BCUT2D eigenvalue weighted by atomic mass is 79.9. The van der Waals surface area contributed by atoms with E-state index in [0.717, 1.165) is 36.0 Å². The highest BCUT2D eigenvalue weighted by Crippen LogP contribution is 2.31. The Hall–Kier alpha value is -0.490. The van der Waals surface area contributed by atoms with Crippen molar-refractivity contribution in [2.75, 3.05) is 26.3 Å². The van der Waals surface area contributed by atoms with Crippen LogP contribution in [0.15, 0.2) is 22.7 Å². The van der Waals surface area contributed by atoms with Crippen LogP contribution >= 0.6 is 15.9 Å². The number of hydrogen-bond donors (Lipinski definition) is 0. The zero-order chi connectivity index (χ0) is 13.3. The lowest BCUT2D eigenvalue weighted by molar-refractivity contribution is -0.190. The topological polar surface area (TPSA) is 21.7 Å². The summed E-state index contributed by atoms with van der Waals surface area (Å²) in [5.74, 6) is -0.605. The molecule has 0 aromatic heterocycles. The standard InChI is InChI=1S/C14H17BrFNO2/c15-12-3-2-11(13(16)8-12)9-17-5-1-4-14(10-17)18-6-7-19-14/h2-3,8H,1,4-7,9-10H2. The molecule has 0 aliphatic carbocycles. The lowest BCUT2D eigenvalue weighted by atomic mass is 10.0. The largest absolute Gasteiger partial charge is 0.346 e. The summed E-state index contributed by atoms with van der Waals surface area (Å²) in [4.78, 5) is 2.21. The van der Waals surface area contributed by atoms with Crippen molar-refractivity contribution in [3.63, 3.8) is 0 Å². The van der Waals surface area contributed by atoms with Crippen molar-refractivity contribution in [1.29, 1.82) is 0 Å². The fourth-order valence-corrected chi connectivity index (χ4v) is 3.16. The number of piperidine rings is 1. The Kier molecular flexibility index (Phi) is 3.89. The zero-order valence-corrected chi connectivity index (χ0v) is 12.3. The minimum Gasteiger partial charge on any atom is -0.346 e. The van der Waals surface area contributed by atoms with E-state index in [1.165, 1.54) is 6.07 Å². The molecule has 0 amide bonds. The first-order chi connectivity index (χ1) is 9.17. The van der Waals surface area contributed by atoms with Crippen molar-refractivity contribution >= 4 is 15.9 Å². The lowest BCUT2D eigenvalue weighted by Crippen LogP contribution is -2.48. The average Bonchev–Trinajstić information content (AvgIpc) is 2.81. The molecule has 2 heterocycles. The molecule has 0 saturated carbocycles. The molecule has 104 valence electrons. The van der Waals surface area contributed by atoms with Crippen molar-refractivity contribution in [2.24, 2.45) is 0 Å². The molecule has 2 aliphatic rings. The van der Waals surface area contributed by atoms with E-state index in [0.29, 0.717) is 19.8 Å². The zero-order valence-electron chi connectivity index (χ0n) is 10.7. The van der Waals surface area contributed by atoms with Gasteiger partial charge in [0.15, 0.2) is 5.79 Å². The first-order valence-electron chi connectivity index (χ1n) is 6.61. The van der Waals surface area contributed by atoms with Crippen LogP contribution in [-0.2, 0) is 16.0 Å². The summed E-state index contributed by atoms with van der Waals surface area (Å²) in [6, 6.07) is 5.22. The van der Waals surface area contributed by atoms with E-state index in [-0.39, 0.29) is 5.82 Å². The molecule has 0 N–H and O–H groups in total. The van der Waals surface area contributed by atoms with Gasteiger partial charge in [0.1, 0.15) is 5.82 Å². The Bertz CT molecular complexity index is 463. The van der Waals surface area contributed by atoms with Gasteiger partial charge < -0.3 is 9.47 Å². The van der Waals surface area contributed by atoms with Gasteiger partial charge in [-0.3, -0.25) is 4.90 Å². The van der Waals surface area contributed by atoms with Crippen molar-refractivity contribution in [3.8, 4) is 0 Å². The van der Waals surface area contributed by atoms with Crippen LogP contribution in [0.1, 0.15) is 18.4 Å². The normalized spacial score (nSPS) is 23.1. The quantitative estimate of drug-likeness (QED) is 0.832. The van der Waals surface area contributed by atoms with Crippen LogP contribution in [0.25, 0.3) is 0 Å². The molecule has 0 radical (unpaired) electrons. The molecule has 1 aromatic carbocycles. The van der Waals surface area contributed by atoms with Gasteiger partial charge in [0, 0.05) is 23.0 Å². The molecule has 0 bridgehead atoms. The number of hydrogen-bond acceptors (Lipinski definition) is 3. The molecule has 2 saturated heterocycles. The van der Waals surface area contributed by atoms with E-state index in [1.54, 1.807) is 0 Å². The first kappa shape index (κ1) is 13.5. The first-order valence-corrected chi connectivity index (χ1v) is 7.40. The molecule has 2 aliphatic heterocycles. The summed E-state index contributed by atoms with van der Waals surface area (Å²) >= 11 is 3.28. The molecular weight excluding hydrogens is 313 g/mol. The van der Waals surface area contributed by atoms with Gasteiger partial charge in [0.2, 0.25) is 0 Å². The number of benzene rings is 1. The van der Waals surface area contributed by atoms with Gasteiger partial charge in [-0.05, 0) is 25.1 Å². The average molecular weight is 330 g/mol. The Balaban J connectivity index is 1.69. The van der Waals surface area contributed by atoms with E-state index in [4.69, 9.17) is 9.47 Å². The minimum atomic E-state index is -0.440. The van der Waals surface area contributed by atoms with Gasteiger partial charge >= 0.3 is 0 Å². The van der Waals surface area contributed by atoms with Gasteiger partial charge in [-0.15, -0.1) is 0 Å². The predicted molar refractivity (Wildman–Crippen MR) is 73.2 cm³/mol. The summed E-state index contributed by atoms with van der Waals surface area (Å²) in [6.45, 7) is 3.63. The number of halogens is 2. The number of nitrogens with zero attached hydrogens (tertiary/aromatic N) is 1. The third kappa shape index (κ3) is 2.99. The monoisotopic (exact) mass is 329 g/mol. The van der Waals surface area contributed by atoms with E-state index < -0.39 is 5.79 Å². The maximum absolute atomic E-state index is 13.9. The van der Waals surface area contributed by atoms with Crippen LogP contribution in [-0.4, -0.2) is 37.0 Å². The summed E-state index contributed by atoms with van der Waals surface area (Å²) in [7, 11) is 0. The van der Waals surface area contributed by atoms with Crippen molar-refractivity contribution in [1.82, 2.24) is 4.90 Å². The molecule has 1 spiro atoms. The second kappa shape index (κ2) is 5.48. The van der Waals surface area contributed by atoms with Crippen LogP contribution in [0.2, 0.25) is 0 Å². The van der Waals surface area contributed by atoms with Gasteiger partial charge in [-0.2, -0.15) is 0 Å². The molecular formula is C14H17BrFNO2. The van der Waals surface area contributed by atoms with Crippen LogP contribution in [0, 0.1) is 5.82 Å². The second-order valence-electron chi connectivity index (χ2n) is 5.16. The Morgan fingerprint density at radius 2 is 2.11 bits per heavy atom. The highest BCUT2D eigenvalue weighted by Gasteiger charge is 2.40. The smallest absolute Gasteiger partial charge is 0.181 e. The summed E-state index contributed by atoms with van der Waals surface area (Å²) in [5.41, 5.74) is 0.721. The summed E-state index contributed by atoms with van der Waals surface area (Å²) < 4.78 is 26.1. The van der Waals surface area contributed by atoms with Crippen molar-refractivity contribution in [2.45, 2.75) is 25.2 Å². The van der Waals surface area contributed by atoms with E-state index >= 15 is 0 Å². The lowest BCUT2D eigenvalue weighted by Gasteiger charge is -2.38. The van der Waals surface area contributed by atoms with Gasteiger partial charge in [0.05, 0.1) is 19.8 Å². The Labute approximate surface area is 120 Å². The number of ether oxygens (including phenoxy) is 2. The van der Waals surface area contributed by atoms with Gasteiger partial charge in [0.25, 0.3) is 0 Å². The fraction of sp³-hybridized carbons (Fsp3) is 0.571. The molecule has 3 nitrogen and oxygen atoms in total. The van der Waals surface area contributed by atoms with E-state index in [2.05, 4.69) is 20.8 Å². The number of likely N-dealkylation sites (tertiary alicyclic amines) is 1. The molecule has 19 heavy (non-hydrogen) atoms. The van der Waals surface area contributed by atoms with Crippen LogP contribution in [0.5, 0.6) is 0 Å².